The molecule has 0 amide bonds. The van der Waals surface area contributed by atoms with Gasteiger partial charge < -0.3 is 5.32 Å². The predicted molar refractivity (Wildman–Crippen MR) is 79.4 cm³/mol. The molecule has 3 aromatic rings. The maximum absolute atomic E-state index is 14.0. The van der Waals surface area contributed by atoms with Gasteiger partial charge in [0.1, 0.15) is 12.1 Å². The van der Waals surface area contributed by atoms with Crippen LogP contribution in [0.2, 0.25) is 0 Å². The molecule has 0 aliphatic heterocycles. The average Bonchev–Trinajstić information content (AvgIpc) is 3.08. The minimum atomic E-state index is -0.386. The van der Waals surface area contributed by atoms with Crippen molar-refractivity contribution in [3.05, 3.63) is 52.6 Å². The summed E-state index contributed by atoms with van der Waals surface area (Å²) in [5.74, 6) is 0.415. The number of fused-ring (bicyclic) bond motifs is 1. The molecular weight excluding hydrogens is 337 g/mol. The van der Waals surface area contributed by atoms with Gasteiger partial charge in [0, 0.05) is 11.8 Å². The van der Waals surface area contributed by atoms with E-state index in [9.17, 15) is 4.39 Å². The first-order valence-electron chi connectivity index (χ1n) is 6.57. The molecule has 1 saturated carbocycles. The van der Waals surface area contributed by atoms with E-state index < -0.39 is 0 Å². The van der Waals surface area contributed by atoms with Gasteiger partial charge in [-0.15, -0.1) is 10.2 Å². The van der Waals surface area contributed by atoms with Crippen molar-refractivity contribution in [3.63, 3.8) is 0 Å². The highest BCUT2D eigenvalue weighted by molar-refractivity contribution is 9.10. The minimum absolute atomic E-state index is 0.195. The molecule has 0 atom stereocenters. The van der Waals surface area contributed by atoms with Crippen LogP contribution in [0.5, 0.6) is 0 Å². The molecular formula is C14H11BrFN5. The van der Waals surface area contributed by atoms with Crippen LogP contribution in [0.15, 0.2) is 41.3 Å². The number of anilines is 1. The molecule has 0 spiro atoms. The van der Waals surface area contributed by atoms with Gasteiger partial charge in [-0.2, -0.15) is 0 Å². The number of benzene rings is 1. The Hall–Kier alpha value is -2.02. The first-order chi connectivity index (χ1) is 10.2. The summed E-state index contributed by atoms with van der Waals surface area (Å²) in [6.45, 7) is 0. The predicted octanol–water partition coefficient (Wildman–Crippen LogP) is 3.13. The quantitative estimate of drug-likeness (QED) is 0.790. The summed E-state index contributed by atoms with van der Waals surface area (Å²) < 4.78 is 16.6. The van der Waals surface area contributed by atoms with Gasteiger partial charge in [0.15, 0.2) is 5.65 Å². The summed E-state index contributed by atoms with van der Waals surface area (Å²) >= 11 is 3.39. The second kappa shape index (κ2) is 4.49. The van der Waals surface area contributed by atoms with Crippen molar-refractivity contribution in [3.8, 4) is 0 Å². The van der Waals surface area contributed by atoms with Gasteiger partial charge >= 0.3 is 0 Å². The fraction of sp³-hybridized carbons (Fsp3) is 0.214. The van der Waals surface area contributed by atoms with Crippen LogP contribution in [0, 0.1) is 5.82 Å². The number of hydrogen-bond acceptors (Lipinski definition) is 4. The summed E-state index contributed by atoms with van der Waals surface area (Å²) in [4.78, 5) is 4.36. The van der Waals surface area contributed by atoms with Crippen LogP contribution in [0.1, 0.15) is 18.4 Å². The van der Waals surface area contributed by atoms with E-state index >= 15 is 0 Å². The second-order valence-corrected chi connectivity index (χ2v) is 6.00. The normalized spacial score (nSPS) is 16.1. The second-order valence-electron chi connectivity index (χ2n) is 5.14. The van der Waals surface area contributed by atoms with E-state index in [0.717, 1.165) is 17.3 Å². The lowest BCUT2D eigenvalue weighted by Gasteiger charge is -2.19. The Morgan fingerprint density at radius 1 is 1.29 bits per heavy atom. The van der Waals surface area contributed by atoms with Crippen LogP contribution in [-0.4, -0.2) is 19.6 Å². The van der Waals surface area contributed by atoms with Crippen LogP contribution in [0.4, 0.5) is 10.3 Å². The zero-order valence-corrected chi connectivity index (χ0v) is 12.5. The zero-order chi connectivity index (χ0) is 14.4. The molecule has 4 rings (SSSR count). The number of halogens is 2. The highest BCUT2D eigenvalue weighted by Crippen LogP contribution is 2.48. The average molecular weight is 348 g/mol. The Kier molecular flexibility index (Phi) is 2.72. The number of rotatable bonds is 3. The van der Waals surface area contributed by atoms with Gasteiger partial charge in [-0.3, -0.25) is 4.40 Å². The number of aromatic nitrogens is 4. The first-order valence-corrected chi connectivity index (χ1v) is 7.36. The molecule has 2 aromatic heterocycles. The molecule has 0 bridgehead atoms. The smallest absolute Gasteiger partial charge is 0.210 e. The molecule has 106 valence electrons. The lowest BCUT2D eigenvalue weighted by atomic mass is 10.0. The van der Waals surface area contributed by atoms with Crippen LogP contribution in [0.3, 0.4) is 0 Å². The third-order valence-electron chi connectivity index (χ3n) is 3.78. The van der Waals surface area contributed by atoms with Gasteiger partial charge in [-0.05, 0) is 34.8 Å². The lowest BCUT2D eigenvalue weighted by molar-refractivity contribution is 0.588. The fourth-order valence-electron chi connectivity index (χ4n) is 2.53. The van der Waals surface area contributed by atoms with Crippen LogP contribution in [-0.2, 0) is 5.54 Å². The van der Waals surface area contributed by atoms with E-state index in [1.165, 1.54) is 6.07 Å². The topological polar surface area (TPSA) is 55.1 Å². The first kappa shape index (κ1) is 12.7. The third kappa shape index (κ3) is 1.99. The molecule has 7 heteroatoms. The molecule has 1 aliphatic carbocycles. The van der Waals surface area contributed by atoms with Crippen LogP contribution < -0.4 is 5.32 Å². The summed E-state index contributed by atoms with van der Waals surface area (Å²) in [7, 11) is 0. The Bertz CT molecular complexity index is 827. The van der Waals surface area contributed by atoms with E-state index in [1.807, 2.05) is 12.1 Å². The third-order valence-corrected chi connectivity index (χ3v) is 4.34. The molecule has 1 fully saturated rings. The highest BCUT2D eigenvalue weighted by atomic mass is 79.9. The van der Waals surface area contributed by atoms with Crippen molar-refractivity contribution in [1.82, 2.24) is 19.6 Å². The van der Waals surface area contributed by atoms with Gasteiger partial charge in [-0.1, -0.05) is 18.2 Å². The van der Waals surface area contributed by atoms with Crippen molar-refractivity contribution in [2.45, 2.75) is 18.4 Å². The van der Waals surface area contributed by atoms with E-state index in [-0.39, 0.29) is 11.4 Å². The Morgan fingerprint density at radius 2 is 2.10 bits per heavy atom. The van der Waals surface area contributed by atoms with Gasteiger partial charge in [0.05, 0.1) is 10.0 Å². The molecule has 5 nitrogen and oxygen atoms in total. The fourth-order valence-corrected chi connectivity index (χ4v) is 2.91. The Labute approximate surface area is 128 Å². The largest absolute Gasteiger partial charge is 0.346 e. The van der Waals surface area contributed by atoms with Crippen molar-refractivity contribution in [2.75, 3.05) is 5.32 Å². The molecule has 0 radical (unpaired) electrons. The van der Waals surface area contributed by atoms with Crippen molar-refractivity contribution >= 4 is 27.5 Å². The standard InChI is InChI=1S/C14H11BrFN5/c15-10-7-17-13(21-8-18-20-12(10)21)19-14(5-6-14)9-3-1-2-4-11(9)16/h1-4,7-8H,5-6H2,(H,17,19). The van der Waals surface area contributed by atoms with Crippen molar-refractivity contribution in [1.29, 1.82) is 0 Å². The van der Waals surface area contributed by atoms with E-state index in [1.54, 1.807) is 23.0 Å². The molecule has 0 unspecified atom stereocenters. The monoisotopic (exact) mass is 347 g/mol. The highest BCUT2D eigenvalue weighted by Gasteiger charge is 2.46. The van der Waals surface area contributed by atoms with Gasteiger partial charge in [-0.25, -0.2) is 9.37 Å². The number of nitrogens with one attached hydrogen (secondary N) is 1. The minimum Gasteiger partial charge on any atom is -0.346 e. The number of hydrogen-bond donors (Lipinski definition) is 1. The zero-order valence-electron chi connectivity index (χ0n) is 10.9. The van der Waals surface area contributed by atoms with Crippen LogP contribution >= 0.6 is 15.9 Å². The molecule has 21 heavy (non-hydrogen) atoms. The van der Waals surface area contributed by atoms with E-state index in [2.05, 4.69) is 36.4 Å². The maximum Gasteiger partial charge on any atom is 0.210 e. The lowest BCUT2D eigenvalue weighted by Crippen LogP contribution is -2.22. The van der Waals surface area contributed by atoms with Crippen molar-refractivity contribution in [2.24, 2.45) is 0 Å². The summed E-state index contributed by atoms with van der Waals surface area (Å²) in [6.07, 6.45) is 5.00. The number of nitrogens with zero attached hydrogens (tertiary/aromatic N) is 4. The van der Waals surface area contributed by atoms with Crippen molar-refractivity contribution < 1.29 is 4.39 Å². The molecule has 1 aromatic carbocycles. The Morgan fingerprint density at radius 3 is 2.86 bits per heavy atom. The van der Waals surface area contributed by atoms with Crippen LogP contribution in [0.25, 0.3) is 5.65 Å². The summed E-state index contributed by atoms with van der Waals surface area (Å²) in [5, 5.41) is 11.3. The molecule has 1 aliphatic rings. The van der Waals surface area contributed by atoms with E-state index in [0.29, 0.717) is 17.2 Å². The van der Waals surface area contributed by atoms with Gasteiger partial charge in [0.2, 0.25) is 5.95 Å². The molecule has 1 N–H and O–H groups in total. The summed E-state index contributed by atoms with van der Waals surface area (Å²) in [6, 6.07) is 6.85. The maximum atomic E-state index is 14.0. The summed E-state index contributed by atoms with van der Waals surface area (Å²) in [5.41, 5.74) is 0.969. The Balaban J connectivity index is 1.77. The molecule has 2 heterocycles. The van der Waals surface area contributed by atoms with Gasteiger partial charge in [0.25, 0.3) is 0 Å². The molecule has 0 saturated heterocycles. The SMILES string of the molecule is Fc1ccccc1C1(Nc2ncc(Br)c3nncn23)CC1. The van der Waals surface area contributed by atoms with E-state index in [4.69, 9.17) is 0 Å².